The number of aryl methyl sites for hydroxylation is 1. The third-order valence-electron chi connectivity index (χ3n) is 6.48. The molecule has 1 aliphatic heterocycles. The predicted octanol–water partition coefficient (Wildman–Crippen LogP) is 5.40. The SMILES string of the molecule is O=C(CCc1cccc(-c2ccc3ccccc3n2)c1)[C@@H]1CCCN1S(=O)(=O)c1ccc(F)cc1. The molecule has 1 aliphatic rings. The Morgan fingerprint density at radius 2 is 1.77 bits per heavy atom. The second-order valence-electron chi connectivity index (χ2n) is 8.78. The van der Waals surface area contributed by atoms with Gasteiger partial charge in [-0.15, -0.1) is 0 Å². The van der Waals surface area contributed by atoms with Crippen LogP contribution >= 0.6 is 0 Å². The van der Waals surface area contributed by atoms with Crippen molar-refractivity contribution in [1.82, 2.24) is 9.29 Å². The van der Waals surface area contributed by atoms with Crippen LogP contribution in [0.25, 0.3) is 22.2 Å². The Morgan fingerprint density at radius 3 is 2.60 bits per heavy atom. The maximum atomic E-state index is 13.3. The fourth-order valence-corrected chi connectivity index (χ4v) is 6.32. The third-order valence-corrected chi connectivity index (χ3v) is 8.40. The normalized spacial score (nSPS) is 16.5. The molecule has 0 spiro atoms. The Bertz CT molecular complexity index is 1490. The molecule has 0 saturated carbocycles. The molecule has 2 heterocycles. The molecule has 1 atom stereocenters. The van der Waals surface area contributed by atoms with E-state index in [2.05, 4.69) is 0 Å². The number of ketones is 1. The molecular weight excluding hydrogens is 463 g/mol. The standard InChI is InChI=1S/C28H25FN2O3S/c29-23-12-14-24(15-13-23)35(33,34)31-18-4-9-27(31)28(32)17-10-20-5-3-7-22(19-20)26-16-11-21-6-1-2-8-25(21)30-26/h1-3,5-8,11-16,19,27H,4,9-10,17-18H2/t27-/m0/s1. The molecule has 0 aliphatic carbocycles. The fourth-order valence-electron chi connectivity index (χ4n) is 4.64. The first-order valence-electron chi connectivity index (χ1n) is 11.7. The molecule has 7 heteroatoms. The number of rotatable bonds is 7. The summed E-state index contributed by atoms with van der Waals surface area (Å²) in [5, 5.41) is 1.08. The number of carbonyl (C=O) groups excluding carboxylic acids is 1. The van der Waals surface area contributed by atoms with Crippen LogP contribution in [0.15, 0.2) is 89.8 Å². The lowest BCUT2D eigenvalue weighted by Gasteiger charge is -2.23. The summed E-state index contributed by atoms with van der Waals surface area (Å²) in [6.45, 7) is 0.291. The van der Waals surface area contributed by atoms with Crippen molar-refractivity contribution in [2.24, 2.45) is 0 Å². The molecule has 0 radical (unpaired) electrons. The van der Waals surface area contributed by atoms with E-state index in [1.807, 2.05) is 60.7 Å². The Hall–Kier alpha value is -3.42. The summed E-state index contributed by atoms with van der Waals surface area (Å²) in [5.74, 6) is -0.596. The first-order chi connectivity index (χ1) is 16.9. The second-order valence-corrected chi connectivity index (χ2v) is 10.7. The number of hydrogen-bond donors (Lipinski definition) is 0. The minimum Gasteiger partial charge on any atom is -0.298 e. The van der Waals surface area contributed by atoms with Crippen molar-refractivity contribution >= 4 is 26.7 Å². The monoisotopic (exact) mass is 488 g/mol. The van der Waals surface area contributed by atoms with Crippen LogP contribution in [-0.4, -0.2) is 36.1 Å². The van der Waals surface area contributed by atoms with E-state index in [1.165, 1.54) is 16.4 Å². The molecule has 5 rings (SSSR count). The van der Waals surface area contributed by atoms with Gasteiger partial charge in [-0.25, -0.2) is 17.8 Å². The summed E-state index contributed by atoms with van der Waals surface area (Å²) in [5.41, 5.74) is 3.76. The van der Waals surface area contributed by atoms with Gasteiger partial charge in [0, 0.05) is 23.9 Å². The summed E-state index contributed by atoms with van der Waals surface area (Å²) in [6, 6.07) is 24.0. The van der Waals surface area contributed by atoms with Crippen LogP contribution in [0.4, 0.5) is 4.39 Å². The molecule has 1 fully saturated rings. The predicted molar refractivity (Wildman–Crippen MR) is 134 cm³/mol. The number of benzene rings is 3. The van der Waals surface area contributed by atoms with Gasteiger partial charge < -0.3 is 0 Å². The number of nitrogens with zero attached hydrogens (tertiary/aromatic N) is 2. The van der Waals surface area contributed by atoms with Gasteiger partial charge in [0.25, 0.3) is 0 Å². The van der Waals surface area contributed by atoms with Gasteiger partial charge in [-0.3, -0.25) is 4.79 Å². The van der Waals surface area contributed by atoms with Crippen molar-refractivity contribution in [1.29, 1.82) is 0 Å². The Labute approximate surface area is 204 Å². The van der Waals surface area contributed by atoms with Crippen LogP contribution in [0, 0.1) is 5.82 Å². The molecule has 0 bridgehead atoms. The number of hydrogen-bond acceptors (Lipinski definition) is 4. The fraction of sp³-hybridized carbons (Fsp3) is 0.214. The van der Waals surface area contributed by atoms with Crippen LogP contribution in [0.1, 0.15) is 24.8 Å². The van der Waals surface area contributed by atoms with Gasteiger partial charge in [-0.05, 0) is 67.3 Å². The van der Waals surface area contributed by atoms with Gasteiger partial charge in [0.05, 0.1) is 22.1 Å². The van der Waals surface area contributed by atoms with E-state index in [9.17, 15) is 17.6 Å². The van der Waals surface area contributed by atoms with Crippen molar-refractivity contribution in [3.8, 4) is 11.3 Å². The first-order valence-corrected chi connectivity index (χ1v) is 13.1. The highest BCUT2D eigenvalue weighted by atomic mass is 32.2. The average molecular weight is 489 g/mol. The van der Waals surface area contributed by atoms with E-state index >= 15 is 0 Å². The number of Topliss-reactive ketones (excluding diaryl/α,β-unsaturated/α-hetero) is 1. The molecule has 0 N–H and O–H groups in total. The highest BCUT2D eigenvalue weighted by Crippen LogP contribution is 2.28. The van der Waals surface area contributed by atoms with Crippen LogP contribution < -0.4 is 0 Å². The molecule has 0 unspecified atom stereocenters. The minimum absolute atomic E-state index is 0.00851. The number of para-hydroxylation sites is 1. The maximum Gasteiger partial charge on any atom is 0.243 e. The second kappa shape index (κ2) is 9.68. The van der Waals surface area contributed by atoms with Crippen molar-refractivity contribution in [2.75, 3.05) is 6.54 Å². The van der Waals surface area contributed by atoms with Crippen LogP contribution in [0.3, 0.4) is 0 Å². The Kier molecular flexibility index (Phi) is 6.45. The van der Waals surface area contributed by atoms with E-state index in [1.54, 1.807) is 0 Å². The lowest BCUT2D eigenvalue weighted by Crippen LogP contribution is -2.40. The quantitative estimate of drug-likeness (QED) is 0.350. The van der Waals surface area contributed by atoms with Gasteiger partial charge in [-0.2, -0.15) is 4.31 Å². The van der Waals surface area contributed by atoms with Crippen molar-refractivity contribution in [3.63, 3.8) is 0 Å². The number of sulfonamides is 1. The molecule has 1 saturated heterocycles. The molecular formula is C28H25FN2O3S. The first kappa shape index (κ1) is 23.3. The van der Waals surface area contributed by atoms with Crippen LogP contribution in [0.5, 0.6) is 0 Å². The molecule has 5 nitrogen and oxygen atoms in total. The summed E-state index contributed by atoms with van der Waals surface area (Å²) < 4.78 is 40.7. The van der Waals surface area contributed by atoms with E-state index in [0.717, 1.165) is 39.9 Å². The van der Waals surface area contributed by atoms with E-state index in [0.29, 0.717) is 25.8 Å². The summed E-state index contributed by atoms with van der Waals surface area (Å²) in [7, 11) is -3.86. The maximum absolute atomic E-state index is 13.3. The van der Waals surface area contributed by atoms with E-state index < -0.39 is 21.9 Å². The lowest BCUT2D eigenvalue weighted by molar-refractivity contribution is -0.122. The number of fused-ring (bicyclic) bond motifs is 1. The van der Waals surface area contributed by atoms with E-state index in [4.69, 9.17) is 4.98 Å². The van der Waals surface area contributed by atoms with Gasteiger partial charge in [0.2, 0.25) is 10.0 Å². The third kappa shape index (κ3) is 4.88. The van der Waals surface area contributed by atoms with Gasteiger partial charge in [0.15, 0.2) is 5.78 Å². The zero-order valence-electron chi connectivity index (χ0n) is 19.1. The minimum atomic E-state index is -3.86. The molecule has 3 aromatic carbocycles. The lowest BCUT2D eigenvalue weighted by atomic mass is 10.00. The number of pyridine rings is 1. The summed E-state index contributed by atoms with van der Waals surface area (Å²) >= 11 is 0. The largest absolute Gasteiger partial charge is 0.298 e. The number of aromatic nitrogens is 1. The molecule has 4 aromatic rings. The smallest absolute Gasteiger partial charge is 0.243 e. The van der Waals surface area contributed by atoms with Gasteiger partial charge >= 0.3 is 0 Å². The van der Waals surface area contributed by atoms with E-state index in [-0.39, 0.29) is 17.1 Å². The van der Waals surface area contributed by atoms with Crippen LogP contribution in [0.2, 0.25) is 0 Å². The van der Waals surface area contributed by atoms with Crippen LogP contribution in [-0.2, 0) is 21.2 Å². The highest BCUT2D eigenvalue weighted by molar-refractivity contribution is 7.89. The number of halogens is 1. The molecule has 0 amide bonds. The summed E-state index contributed by atoms with van der Waals surface area (Å²) in [6.07, 6.45) is 1.89. The average Bonchev–Trinajstić information content (AvgIpc) is 3.39. The molecule has 178 valence electrons. The molecule has 35 heavy (non-hydrogen) atoms. The molecule has 1 aromatic heterocycles. The Morgan fingerprint density at radius 1 is 0.971 bits per heavy atom. The highest BCUT2D eigenvalue weighted by Gasteiger charge is 2.38. The van der Waals surface area contributed by atoms with Crippen molar-refractivity contribution in [2.45, 2.75) is 36.6 Å². The van der Waals surface area contributed by atoms with Gasteiger partial charge in [0.1, 0.15) is 5.82 Å². The Balaban J connectivity index is 1.29. The van der Waals surface area contributed by atoms with Gasteiger partial charge in [-0.1, -0.05) is 42.5 Å². The van der Waals surface area contributed by atoms with Crippen molar-refractivity contribution < 1.29 is 17.6 Å². The topological polar surface area (TPSA) is 67.3 Å². The zero-order valence-corrected chi connectivity index (χ0v) is 19.9. The van der Waals surface area contributed by atoms with Crippen molar-refractivity contribution in [3.05, 3.63) is 96.3 Å². The number of carbonyl (C=O) groups is 1. The zero-order chi connectivity index (χ0) is 24.4. The summed E-state index contributed by atoms with van der Waals surface area (Å²) in [4.78, 5) is 17.8.